The Bertz CT molecular complexity index is 625. The Morgan fingerprint density at radius 3 is 2.76 bits per heavy atom. The lowest BCUT2D eigenvalue weighted by atomic mass is 10.3. The fourth-order valence-corrected chi connectivity index (χ4v) is 3.70. The number of imide groups is 1. The molecule has 8 heteroatoms. The average molecular weight is 346 g/mol. The lowest BCUT2D eigenvalue weighted by Gasteiger charge is -2.19. The van der Waals surface area contributed by atoms with Gasteiger partial charge in [-0.3, -0.25) is 14.5 Å². The van der Waals surface area contributed by atoms with E-state index in [1.807, 2.05) is 0 Å². The van der Waals surface area contributed by atoms with E-state index in [4.69, 9.17) is 16.3 Å². The van der Waals surface area contributed by atoms with Crippen LogP contribution in [0.2, 0.25) is 4.34 Å². The number of halogens is 1. The summed E-state index contributed by atoms with van der Waals surface area (Å²) in [5, 5.41) is -0.477. The monoisotopic (exact) mass is 345 g/mol. The van der Waals surface area contributed by atoms with Gasteiger partial charge in [-0.05, 0) is 43.8 Å². The van der Waals surface area contributed by atoms with Crippen molar-refractivity contribution in [2.45, 2.75) is 19.9 Å². The second kappa shape index (κ2) is 6.64. The van der Waals surface area contributed by atoms with Gasteiger partial charge in [0, 0.05) is 4.88 Å². The molecule has 2 rings (SSSR count). The summed E-state index contributed by atoms with van der Waals surface area (Å²) < 4.78 is 5.44. The van der Waals surface area contributed by atoms with Crippen molar-refractivity contribution in [2.75, 3.05) is 6.61 Å². The van der Waals surface area contributed by atoms with E-state index >= 15 is 0 Å². The third-order valence-electron chi connectivity index (χ3n) is 2.71. The second-order valence-corrected chi connectivity index (χ2v) is 6.86. The van der Waals surface area contributed by atoms with Gasteiger partial charge in [-0.2, -0.15) is 0 Å². The molecule has 1 atom stereocenters. The van der Waals surface area contributed by atoms with Crippen molar-refractivity contribution >= 4 is 57.9 Å². The van der Waals surface area contributed by atoms with Crippen molar-refractivity contribution in [3.63, 3.8) is 0 Å². The van der Waals surface area contributed by atoms with Gasteiger partial charge in [0.25, 0.3) is 11.1 Å². The molecule has 0 aliphatic carbocycles. The van der Waals surface area contributed by atoms with Crippen molar-refractivity contribution in [1.82, 2.24) is 4.90 Å². The number of carbonyl (C=O) groups is 3. The van der Waals surface area contributed by atoms with Crippen molar-refractivity contribution in [3.8, 4) is 0 Å². The number of rotatable bonds is 4. The maximum atomic E-state index is 12.3. The molecule has 1 saturated heterocycles. The summed E-state index contributed by atoms with van der Waals surface area (Å²) in [6.07, 6.45) is 1.60. The Balaban J connectivity index is 2.20. The summed E-state index contributed by atoms with van der Waals surface area (Å²) in [7, 11) is 0. The van der Waals surface area contributed by atoms with Crippen LogP contribution in [-0.4, -0.2) is 34.7 Å². The maximum Gasteiger partial charge on any atom is 0.329 e. The van der Waals surface area contributed by atoms with Gasteiger partial charge in [0.05, 0.1) is 15.8 Å². The predicted octanol–water partition coefficient (Wildman–Crippen LogP) is 3.39. The molecule has 21 heavy (non-hydrogen) atoms. The molecule has 2 amide bonds. The highest BCUT2D eigenvalue weighted by atomic mass is 35.5. The third kappa shape index (κ3) is 3.48. The molecule has 1 aromatic rings. The van der Waals surface area contributed by atoms with E-state index in [0.29, 0.717) is 4.34 Å². The number of hydrogen-bond acceptors (Lipinski definition) is 6. The van der Waals surface area contributed by atoms with Gasteiger partial charge in [0.15, 0.2) is 0 Å². The molecule has 0 saturated carbocycles. The van der Waals surface area contributed by atoms with Crippen LogP contribution in [0.5, 0.6) is 0 Å². The normalized spacial score (nSPS) is 18.4. The number of hydrogen-bond donors (Lipinski definition) is 0. The molecule has 1 aliphatic rings. The third-order valence-corrected chi connectivity index (χ3v) is 4.77. The highest BCUT2D eigenvalue weighted by Crippen LogP contribution is 2.35. The summed E-state index contributed by atoms with van der Waals surface area (Å²) in [4.78, 5) is 37.8. The van der Waals surface area contributed by atoms with Crippen LogP contribution < -0.4 is 0 Å². The second-order valence-electron chi connectivity index (χ2n) is 4.12. The maximum absolute atomic E-state index is 12.3. The zero-order valence-electron chi connectivity index (χ0n) is 11.3. The minimum absolute atomic E-state index is 0.197. The number of thiophene rings is 1. The number of thioether (sulfide) groups is 1. The molecule has 5 nitrogen and oxygen atoms in total. The Kier molecular flexibility index (Phi) is 5.08. The molecule has 1 fully saturated rings. The highest BCUT2D eigenvalue weighted by Gasteiger charge is 2.41. The zero-order chi connectivity index (χ0) is 15.6. The molecular formula is C13H12ClNO4S2. The number of carbonyl (C=O) groups excluding carboxylic acids is 3. The summed E-state index contributed by atoms with van der Waals surface area (Å²) >= 11 is 7.93. The minimum Gasteiger partial charge on any atom is -0.464 e. The van der Waals surface area contributed by atoms with Crippen LogP contribution in [0.15, 0.2) is 17.0 Å². The molecule has 1 aliphatic heterocycles. The molecule has 1 unspecified atom stereocenters. The zero-order valence-corrected chi connectivity index (χ0v) is 13.7. The lowest BCUT2D eigenvalue weighted by Crippen LogP contribution is -2.42. The quantitative estimate of drug-likeness (QED) is 0.618. The Morgan fingerprint density at radius 1 is 1.48 bits per heavy atom. The van der Waals surface area contributed by atoms with Crippen LogP contribution >= 0.6 is 34.7 Å². The van der Waals surface area contributed by atoms with Crippen LogP contribution in [0.1, 0.15) is 18.7 Å². The predicted molar refractivity (Wildman–Crippen MR) is 83.2 cm³/mol. The Hall–Kier alpha value is -1.31. The summed E-state index contributed by atoms with van der Waals surface area (Å²) in [5.74, 6) is -1.09. The Labute approximate surface area is 134 Å². The molecule has 0 spiro atoms. The first-order chi connectivity index (χ1) is 9.93. The van der Waals surface area contributed by atoms with E-state index in [1.165, 1.54) is 18.3 Å². The van der Waals surface area contributed by atoms with Crippen molar-refractivity contribution in [3.05, 3.63) is 26.3 Å². The number of nitrogens with zero attached hydrogens (tertiary/aromatic N) is 1. The van der Waals surface area contributed by atoms with Crippen LogP contribution in [-0.2, 0) is 14.3 Å². The van der Waals surface area contributed by atoms with Gasteiger partial charge < -0.3 is 4.74 Å². The first-order valence-corrected chi connectivity index (χ1v) is 8.14. The van der Waals surface area contributed by atoms with E-state index in [0.717, 1.165) is 21.5 Å². The molecule has 0 radical (unpaired) electrons. The van der Waals surface area contributed by atoms with Gasteiger partial charge in [0.1, 0.15) is 6.04 Å². The summed E-state index contributed by atoms with van der Waals surface area (Å²) in [6.45, 7) is 3.33. The first-order valence-electron chi connectivity index (χ1n) is 6.13. The number of ether oxygens (including phenoxy) is 1. The van der Waals surface area contributed by atoms with E-state index in [9.17, 15) is 14.4 Å². The van der Waals surface area contributed by atoms with Crippen molar-refractivity contribution in [1.29, 1.82) is 0 Å². The average Bonchev–Trinajstić information content (AvgIpc) is 2.94. The molecule has 2 heterocycles. The van der Waals surface area contributed by atoms with E-state index in [-0.39, 0.29) is 11.5 Å². The van der Waals surface area contributed by atoms with Gasteiger partial charge in [-0.25, -0.2) is 4.79 Å². The number of esters is 1. The molecular weight excluding hydrogens is 334 g/mol. The molecule has 0 aromatic carbocycles. The van der Waals surface area contributed by atoms with Crippen molar-refractivity contribution < 1.29 is 19.1 Å². The molecule has 0 bridgehead atoms. The lowest BCUT2D eigenvalue weighted by molar-refractivity contribution is -0.150. The first kappa shape index (κ1) is 16.1. The smallest absolute Gasteiger partial charge is 0.329 e. The van der Waals surface area contributed by atoms with Gasteiger partial charge >= 0.3 is 5.97 Å². The van der Waals surface area contributed by atoms with Crippen molar-refractivity contribution in [2.24, 2.45) is 0 Å². The van der Waals surface area contributed by atoms with Gasteiger partial charge in [0.2, 0.25) is 0 Å². The van der Waals surface area contributed by atoms with Crippen LogP contribution in [0.4, 0.5) is 4.79 Å². The van der Waals surface area contributed by atoms with E-state index in [1.54, 1.807) is 25.1 Å². The SMILES string of the molecule is CCOC(=O)C(C)N1C(=O)SC(=Cc2ccc(Cl)s2)C1=O. The summed E-state index contributed by atoms with van der Waals surface area (Å²) in [6, 6.07) is 2.54. The van der Waals surface area contributed by atoms with E-state index in [2.05, 4.69) is 0 Å². The van der Waals surface area contributed by atoms with Gasteiger partial charge in [-0.15, -0.1) is 11.3 Å². The topological polar surface area (TPSA) is 63.7 Å². The highest BCUT2D eigenvalue weighted by molar-refractivity contribution is 8.18. The van der Waals surface area contributed by atoms with Gasteiger partial charge in [-0.1, -0.05) is 11.6 Å². The molecule has 112 valence electrons. The largest absolute Gasteiger partial charge is 0.464 e. The molecule has 1 aromatic heterocycles. The molecule has 0 N–H and O–H groups in total. The van der Waals surface area contributed by atoms with Crippen LogP contribution in [0.25, 0.3) is 6.08 Å². The van der Waals surface area contributed by atoms with E-state index < -0.39 is 23.2 Å². The summed E-state index contributed by atoms with van der Waals surface area (Å²) in [5.41, 5.74) is 0. The Morgan fingerprint density at radius 2 is 2.19 bits per heavy atom. The standard InChI is InChI=1S/C13H12ClNO4S2/c1-3-19-12(17)7(2)15-11(16)9(21-13(15)18)6-8-4-5-10(14)20-8/h4-7H,3H2,1-2H3. The fourth-order valence-electron chi connectivity index (χ4n) is 1.72. The minimum atomic E-state index is -0.935. The fraction of sp³-hybridized carbons (Fsp3) is 0.308. The van der Waals surface area contributed by atoms with Crippen LogP contribution in [0.3, 0.4) is 0 Å². The van der Waals surface area contributed by atoms with Crippen LogP contribution in [0, 0.1) is 0 Å². The number of amides is 2.